The van der Waals surface area contributed by atoms with Crippen molar-refractivity contribution in [3.8, 4) is 0 Å². The van der Waals surface area contributed by atoms with Crippen molar-refractivity contribution in [2.75, 3.05) is 25.1 Å². The molecule has 0 aliphatic heterocycles. The summed E-state index contributed by atoms with van der Waals surface area (Å²) in [5.74, 6) is -0.723. The number of rotatable bonds is 17. The topological polar surface area (TPSA) is 87.7 Å². The summed E-state index contributed by atoms with van der Waals surface area (Å²) in [4.78, 5) is 22.2. The Hall–Kier alpha value is -2.00. The van der Waals surface area contributed by atoms with Crippen LogP contribution in [0.3, 0.4) is 0 Å². The zero-order valence-electron chi connectivity index (χ0n) is 18.8. The van der Waals surface area contributed by atoms with Crippen molar-refractivity contribution in [1.82, 2.24) is 5.32 Å². The molecule has 0 saturated heterocycles. The van der Waals surface area contributed by atoms with E-state index in [1.54, 1.807) is 0 Å². The first-order chi connectivity index (χ1) is 15.7. The average molecular weight is 495 g/mol. The van der Waals surface area contributed by atoms with Gasteiger partial charge in [-0.15, -0.1) is 0 Å². The van der Waals surface area contributed by atoms with Gasteiger partial charge >= 0.3 is 18.2 Å². The molecule has 10 heteroatoms. The van der Waals surface area contributed by atoms with Crippen LogP contribution in [0.2, 0.25) is 5.02 Å². The lowest BCUT2D eigenvalue weighted by Gasteiger charge is -2.12. The Kier molecular flexibility index (Phi) is 14.6. The van der Waals surface area contributed by atoms with Gasteiger partial charge in [0.2, 0.25) is 0 Å². The summed E-state index contributed by atoms with van der Waals surface area (Å²) in [7, 11) is 0. The van der Waals surface area contributed by atoms with E-state index < -0.39 is 28.8 Å². The number of carboxylic acids is 1. The van der Waals surface area contributed by atoms with E-state index in [9.17, 15) is 22.8 Å². The number of urea groups is 1. The Morgan fingerprint density at radius 3 is 2.09 bits per heavy atom. The fourth-order valence-electron chi connectivity index (χ4n) is 3.19. The van der Waals surface area contributed by atoms with Crippen molar-refractivity contribution in [3.05, 3.63) is 28.8 Å². The standard InChI is InChI=1S/C23H34ClF3N2O4/c24-20-13-12-18(17-19(20)23(25,26)27)29-22(32)28-14-10-16-33-15-9-7-5-3-1-2-4-6-8-11-21(30)31/h12-13,17H,1-11,14-16H2,(H,30,31)(H2,28,29,32). The molecule has 6 nitrogen and oxygen atoms in total. The molecule has 0 aliphatic carbocycles. The van der Waals surface area contributed by atoms with E-state index in [1.807, 2.05) is 0 Å². The van der Waals surface area contributed by atoms with Gasteiger partial charge in [-0.25, -0.2) is 4.79 Å². The van der Waals surface area contributed by atoms with Crippen molar-refractivity contribution >= 4 is 29.3 Å². The number of unbranched alkanes of at least 4 members (excludes halogenated alkanes) is 8. The minimum Gasteiger partial charge on any atom is -0.481 e. The van der Waals surface area contributed by atoms with Gasteiger partial charge in [-0.2, -0.15) is 13.2 Å². The summed E-state index contributed by atoms with van der Waals surface area (Å²) in [6.45, 7) is 1.50. The molecule has 0 saturated carbocycles. The van der Waals surface area contributed by atoms with E-state index in [2.05, 4.69) is 10.6 Å². The number of hydrogen-bond acceptors (Lipinski definition) is 3. The fraction of sp³-hybridized carbons (Fsp3) is 0.652. The molecule has 0 atom stereocenters. The van der Waals surface area contributed by atoms with Crippen molar-refractivity contribution in [3.63, 3.8) is 0 Å². The van der Waals surface area contributed by atoms with Gasteiger partial charge in [0.25, 0.3) is 0 Å². The zero-order valence-corrected chi connectivity index (χ0v) is 19.6. The van der Waals surface area contributed by atoms with Crippen LogP contribution in [-0.2, 0) is 15.7 Å². The number of alkyl halides is 3. The highest BCUT2D eigenvalue weighted by molar-refractivity contribution is 6.31. The molecule has 0 aliphatic rings. The molecule has 1 aromatic rings. The Labute approximate surface area is 198 Å². The van der Waals surface area contributed by atoms with E-state index in [0.29, 0.717) is 26.2 Å². The molecular weight excluding hydrogens is 461 g/mol. The predicted octanol–water partition coefficient (Wildman–Crippen LogP) is 6.87. The predicted molar refractivity (Wildman–Crippen MR) is 123 cm³/mol. The van der Waals surface area contributed by atoms with E-state index in [4.69, 9.17) is 21.4 Å². The van der Waals surface area contributed by atoms with Gasteiger partial charge in [-0.3, -0.25) is 4.79 Å². The Bertz CT molecular complexity index is 717. The van der Waals surface area contributed by atoms with E-state index in [0.717, 1.165) is 57.1 Å². The molecular formula is C23H34ClF3N2O4. The molecule has 33 heavy (non-hydrogen) atoms. The summed E-state index contributed by atoms with van der Waals surface area (Å²) in [6.07, 6.45) is 5.84. The molecule has 1 rings (SSSR count). The maximum atomic E-state index is 12.9. The number of benzene rings is 1. The van der Waals surface area contributed by atoms with Crippen molar-refractivity contribution in [2.24, 2.45) is 0 Å². The Morgan fingerprint density at radius 1 is 0.909 bits per heavy atom. The van der Waals surface area contributed by atoms with Crippen LogP contribution < -0.4 is 10.6 Å². The van der Waals surface area contributed by atoms with Gasteiger partial charge in [0.05, 0.1) is 10.6 Å². The van der Waals surface area contributed by atoms with Gasteiger partial charge in [-0.05, 0) is 37.5 Å². The lowest BCUT2D eigenvalue weighted by atomic mass is 10.1. The van der Waals surface area contributed by atoms with Crippen LogP contribution >= 0.6 is 11.6 Å². The molecule has 0 bridgehead atoms. The second kappa shape index (κ2) is 16.6. The molecule has 188 valence electrons. The first kappa shape index (κ1) is 29.0. The maximum absolute atomic E-state index is 12.9. The minimum absolute atomic E-state index is 0.0126. The summed E-state index contributed by atoms with van der Waals surface area (Å²) in [5.41, 5.74) is -0.984. The normalized spacial score (nSPS) is 11.4. The highest BCUT2D eigenvalue weighted by Gasteiger charge is 2.33. The minimum atomic E-state index is -4.59. The molecule has 2 amide bonds. The Balaban J connectivity index is 1.96. The molecule has 0 aromatic heterocycles. The molecule has 0 spiro atoms. The number of nitrogens with one attached hydrogen (secondary N) is 2. The first-order valence-electron chi connectivity index (χ1n) is 11.4. The first-order valence-corrected chi connectivity index (χ1v) is 11.8. The highest BCUT2D eigenvalue weighted by Crippen LogP contribution is 2.36. The van der Waals surface area contributed by atoms with Gasteiger partial charge in [0.1, 0.15) is 0 Å². The summed E-state index contributed by atoms with van der Waals surface area (Å²) in [6, 6.07) is 2.61. The van der Waals surface area contributed by atoms with Crippen molar-refractivity contribution in [1.29, 1.82) is 0 Å². The summed E-state index contributed by atoms with van der Waals surface area (Å²) < 4.78 is 44.1. The van der Waals surface area contributed by atoms with Crippen molar-refractivity contribution < 1.29 is 32.6 Å². The van der Waals surface area contributed by atoms with Gasteiger partial charge in [-0.1, -0.05) is 56.5 Å². The number of carboxylic acid groups (broad SMARTS) is 1. The van der Waals surface area contributed by atoms with Crippen LogP contribution in [0.4, 0.5) is 23.7 Å². The van der Waals surface area contributed by atoms with Crippen LogP contribution in [0.15, 0.2) is 18.2 Å². The highest BCUT2D eigenvalue weighted by atomic mass is 35.5. The van der Waals surface area contributed by atoms with Gasteiger partial charge in [0, 0.05) is 31.9 Å². The number of aliphatic carboxylic acids is 1. The number of halogens is 4. The van der Waals surface area contributed by atoms with Gasteiger partial charge < -0.3 is 20.5 Å². The van der Waals surface area contributed by atoms with E-state index in [-0.39, 0.29) is 12.1 Å². The molecule has 1 aromatic carbocycles. The van der Waals surface area contributed by atoms with Crippen molar-refractivity contribution in [2.45, 2.75) is 76.8 Å². The molecule has 0 heterocycles. The third-order valence-electron chi connectivity index (χ3n) is 4.96. The Morgan fingerprint density at radius 2 is 1.48 bits per heavy atom. The summed E-state index contributed by atoms with van der Waals surface area (Å²) >= 11 is 5.56. The van der Waals surface area contributed by atoms with Crippen LogP contribution in [0.1, 0.15) is 76.2 Å². The SMILES string of the molecule is O=C(O)CCCCCCCCCCCOCCCNC(=O)Nc1ccc(Cl)c(C(F)(F)F)c1. The van der Waals surface area contributed by atoms with Crippen LogP contribution in [0, 0.1) is 0 Å². The van der Waals surface area contributed by atoms with E-state index >= 15 is 0 Å². The number of anilines is 1. The number of ether oxygens (including phenoxy) is 1. The molecule has 0 radical (unpaired) electrons. The average Bonchev–Trinajstić information content (AvgIpc) is 2.73. The van der Waals surface area contributed by atoms with E-state index in [1.165, 1.54) is 18.9 Å². The smallest absolute Gasteiger partial charge is 0.417 e. The van der Waals surface area contributed by atoms with Crippen LogP contribution in [0.25, 0.3) is 0 Å². The number of amides is 2. The zero-order chi connectivity index (χ0) is 24.5. The quantitative estimate of drug-likeness (QED) is 0.206. The molecule has 0 unspecified atom stereocenters. The largest absolute Gasteiger partial charge is 0.481 e. The van der Waals surface area contributed by atoms with Crippen LogP contribution in [0.5, 0.6) is 0 Å². The monoisotopic (exact) mass is 494 g/mol. The second-order valence-corrected chi connectivity index (χ2v) is 8.27. The number of hydrogen-bond donors (Lipinski definition) is 3. The van der Waals surface area contributed by atoms with Gasteiger partial charge in [0.15, 0.2) is 0 Å². The second-order valence-electron chi connectivity index (χ2n) is 7.86. The number of carbonyl (C=O) groups excluding carboxylic acids is 1. The maximum Gasteiger partial charge on any atom is 0.417 e. The molecule has 0 fully saturated rings. The lowest BCUT2D eigenvalue weighted by Crippen LogP contribution is -2.30. The fourth-order valence-corrected chi connectivity index (χ4v) is 3.42. The number of carbonyl (C=O) groups is 2. The molecule has 3 N–H and O–H groups in total. The summed E-state index contributed by atoms with van der Waals surface area (Å²) in [5, 5.41) is 13.1. The van der Waals surface area contributed by atoms with Crippen LogP contribution in [-0.4, -0.2) is 36.9 Å². The lowest BCUT2D eigenvalue weighted by molar-refractivity contribution is -0.138. The third kappa shape index (κ3) is 14.7. The third-order valence-corrected chi connectivity index (χ3v) is 5.29.